The number of carbonyl (C=O) groups excluding carboxylic acids is 3. The Morgan fingerprint density at radius 2 is 1.58 bits per heavy atom. The molecule has 2 N–H and O–H groups in total. The smallest absolute Gasteiger partial charge is 0.255 e. The highest BCUT2D eigenvalue weighted by atomic mass is 19.1. The summed E-state index contributed by atoms with van der Waals surface area (Å²) in [5, 5.41) is 15.9. The summed E-state index contributed by atoms with van der Waals surface area (Å²) in [6.45, 7) is 15.9. The van der Waals surface area contributed by atoms with Gasteiger partial charge in [0.25, 0.3) is 5.91 Å². The summed E-state index contributed by atoms with van der Waals surface area (Å²) in [5.41, 5.74) is 3.74. The van der Waals surface area contributed by atoms with Gasteiger partial charge in [-0.05, 0) is 141 Å². The largest absolute Gasteiger partial charge is 0.493 e. The van der Waals surface area contributed by atoms with E-state index in [1.807, 2.05) is 38.1 Å². The van der Waals surface area contributed by atoms with Crippen molar-refractivity contribution in [3.8, 4) is 22.8 Å². The number of ether oxygens (including phenoxy) is 3. The van der Waals surface area contributed by atoms with E-state index in [0.717, 1.165) is 101 Å². The molecule has 16 heteroatoms. The Labute approximate surface area is 431 Å². The van der Waals surface area contributed by atoms with Crippen LogP contribution in [0.15, 0.2) is 60.8 Å². The molecule has 3 amide bonds. The van der Waals surface area contributed by atoms with Gasteiger partial charge in [0.05, 0.1) is 17.9 Å². The van der Waals surface area contributed by atoms with Gasteiger partial charge >= 0.3 is 0 Å². The van der Waals surface area contributed by atoms with Gasteiger partial charge in [-0.1, -0.05) is 19.9 Å². The van der Waals surface area contributed by atoms with Crippen molar-refractivity contribution in [3.63, 3.8) is 0 Å². The van der Waals surface area contributed by atoms with Crippen LogP contribution in [0.3, 0.4) is 0 Å². The highest BCUT2D eigenvalue weighted by Gasteiger charge is 2.46. The van der Waals surface area contributed by atoms with Crippen LogP contribution in [-0.2, 0) is 27.3 Å². The molecule has 6 heterocycles. The number of pyridine rings is 1. The van der Waals surface area contributed by atoms with Crippen LogP contribution in [0.4, 0.5) is 20.2 Å². The van der Waals surface area contributed by atoms with Gasteiger partial charge in [0.15, 0.2) is 12.6 Å². The number of hydrogen-bond donors (Lipinski definition) is 2. The van der Waals surface area contributed by atoms with Crippen molar-refractivity contribution in [2.75, 3.05) is 95.8 Å². The maximum atomic E-state index is 17.5. The number of carbonyl (C=O) groups is 3. The summed E-state index contributed by atoms with van der Waals surface area (Å²) in [5.74, 6) is -0.697. The predicted molar refractivity (Wildman–Crippen MR) is 281 cm³/mol. The lowest BCUT2D eigenvalue weighted by Gasteiger charge is -2.45. The van der Waals surface area contributed by atoms with Gasteiger partial charge in [-0.15, -0.1) is 0 Å². The first-order valence-corrected chi connectivity index (χ1v) is 26.7. The van der Waals surface area contributed by atoms with Crippen molar-refractivity contribution in [1.29, 1.82) is 0 Å². The Kier molecular flexibility index (Phi) is 13.6. The third kappa shape index (κ3) is 10.0. The second-order valence-corrected chi connectivity index (χ2v) is 22.7. The Hall–Kier alpha value is -5.94. The average molecular weight is 1010 g/mol. The van der Waals surface area contributed by atoms with Crippen LogP contribution in [0.5, 0.6) is 11.5 Å². The van der Waals surface area contributed by atoms with Gasteiger partial charge in [-0.25, -0.2) is 8.78 Å². The number of aromatic nitrogens is 1. The molecule has 5 aliphatic heterocycles. The molecule has 0 unspecified atom stereocenters. The maximum Gasteiger partial charge on any atom is 0.255 e. The van der Waals surface area contributed by atoms with E-state index in [1.54, 1.807) is 29.3 Å². The zero-order valence-corrected chi connectivity index (χ0v) is 43.2. The monoisotopic (exact) mass is 1010 g/mol. The zero-order chi connectivity index (χ0) is 51.5. The normalized spacial score (nSPS) is 23.1. The molecule has 5 fully saturated rings. The number of piperidine rings is 3. The van der Waals surface area contributed by atoms with Crippen molar-refractivity contribution in [3.05, 3.63) is 89.1 Å². The number of anilines is 2. The quantitative estimate of drug-likeness (QED) is 0.0775. The van der Waals surface area contributed by atoms with Crippen molar-refractivity contribution in [2.45, 2.75) is 96.7 Å². The van der Waals surface area contributed by atoms with Crippen LogP contribution in [-0.4, -0.2) is 140 Å². The molecular weight excluding hydrogens is 945 g/mol. The number of nitrogens with one attached hydrogen (secondary N) is 1. The van der Waals surface area contributed by atoms with Gasteiger partial charge in [0, 0.05) is 118 Å². The van der Waals surface area contributed by atoms with Crippen molar-refractivity contribution in [2.24, 2.45) is 10.8 Å². The van der Waals surface area contributed by atoms with E-state index in [9.17, 15) is 19.5 Å². The van der Waals surface area contributed by atoms with Crippen LogP contribution >= 0.6 is 0 Å². The van der Waals surface area contributed by atoms with E-state index in [0.29, 0.717) is 95.2 Å². The fourth-order valence-electron chi connectivity index (χ4n) is 12.5. The van der Waals surface area contributed by atoms with Crippen LogP contribution in [0, 0.1) is 22.5 Å². The highest BCUT2D eigenvalue weighted by Crippen LogP contribution is 2.49. The van der Waals surface area contributed by atoms with Gasteiger partial charge in [-0.3, -0.25) is 29.6 Å². The van der Waals surface area contributed by atoms with E-state index in [1.165, 1.54) is 13.2 Å². The van der Waals surface area contributed by atoms with Crippen LogP contribution in [0.1, 0.15) is 93.6 Å². The van der Waals surface area contributed by atoms with Gasteiger partial charge < -0.3 is 38.9 Å². The van der Waals surface area contributed by atoms with E-state index >= 15 is 8.78 Å². The first kappa shape index (κ1) is 50.2. The number of rotatable bonds is 15. The molecule has 392 valence electrons. The summed E-state index contributed by atoms with van der Waals surface area (Å²) < 4.78 is 50.7. The number of amides is 3. The summed E-state index contributed by atoms with van der Waals surface area (Å²) in [6, 6.07) is 15.8. The Morgan fingerprint density at radius 3 is 2.31 bits per heavy atom. The predicted octanol–water partition coefficient (Wildman–Crippen LogP) is 8.07. The number of halogens is 2. The minimum atomic E-state index is -0.908. The van der Waals surface area contributed by atoms with E-state index in [2.05, 4.69) is 37.9 Å². The number of aliphatic hydroxyl groups is 1. The molecule has 2 atom stereocenters. The van der Waals surface area contributed by atoms with Crippen LogP contribution < -0.4 is 24.6 Å². The molecule has 6 aliphatic rings. The molecule has 5 aromatic rings. The average Bonchev–Trinajstić information content (AvgIpc) is 4.08. The van der Waals surface area contributed by atoms with Crippen molar-refractivity contribution in [1.82, 2.24) is 25.0 Å². The fraction of sp³-hybridized carbons (Fsp3) is 0.517. The maximum absolute atomic E-state index is 17.5. The number of aryl methyl sites for hydroxylation is 1. The molecule has 1 aromatic heterocycles. The summed E-state index contributed by atoms with van der Waals surface area (Å²) >= 11 is 0. The summed E-state index contributed by atoms with van der Waals surface area (Å²) in [4.78, 5) is 53.7. The molecule has 1 aliphatic carbocycles. The van der Waals surface area contributed by atoms with Crippen LogP contribution in [0.25, 0.3) is 32.8 Å². The molecule has 74 heavy (non-hydrogen) atoms. The summed E-state index contributed by atoms with van der Waals surface area (Å²) in [7, 11) is 1.53. The topological polar surface area (TPSA) is 140 Å². The van der Waals surface area contributed by atoms with E-state index in [4.69, 9.17) is 19.2 Å². The number of benzene rings is 4. The van der Waals surface area contributed by atoms with E-state index < -0.39 is 23.4 Å². The Morgan fingerprint density at radius 1 is 0.811 bits per heavy atom. The molecule has 1 saturated carbocycles. The number of nitrogens with zero attached hydrogens (tertiary/aromatic N) is 6. The number of β-amino-alcohol motifs (C(OH)–C–C–N with tert-alkyl or cyclic N) is 1. The second kappa shape index (κ2) is 20.0. The minimum absolute atomic E-state index is 0.00615. The molecule has 4 aromatic carbocycles. The van der Waals surface area contributed by atoms with Crippen LogP contribution in [0.2, 0.25) is 0 Å². The van der Waals surface area contributed by atoms with Crippen molar-refractivity contribution >= 4 is 50.6 Å². The molecular formula is C58H69F2N7O7. The number of hydrogen-bond acceptors (Lipinski definition) is 12. The molecule has 11 rings (SSSR count). The molecule has 14 nitrogen and oxygen atoms in total. The number of methoxy groups -OCH3 is 1. The first-order chi connectivity index (χ1) is 35.6. The Balaban J connectivity index is 0.744. The third-order valence-electron chi connectivity index (χ3n) is 17.0. The highest BCUT2D eigenvalue weighted by molar-refractivity contribution is 6.06. The minimum Gasteiger partial charge on any atom is -0.493 e. The van der Waals surface area contributed by atoms with Gasteiger partial charge in [0.1, 0.15) is 29.1 Å². The fourth-order valence-corrected chi connectivity index (χ4v) is 12.5. The number of imide groups is 1. The molecule has 4 saturated heterocycles. The summed E-state index contributed by atoms with van der Waals surface area (Å²) in [6.07, 6.45) is 8.50. The lowest BCUT2D eigenvalue weighted by molar-refractivity contribution is -0.136. The second-order valence-electron chi connectivity index (χ2n) is 22.7. The van der Waals surface area contributed by atoms with Gasteiger partial charge in [-0.2, -0.15) is 0 Å². The van der Waals surface area contributed by atoms with Gasteiger partial charge in [0.2, 0.25) is 11.8 Å². The first-order valence-electron chi connectivity index (χ1n) is 26.7. The molecule has 0 radical (unpaired) electrons. The third-order valence-corrected chi connectivity index (χ3v) is 17.0. The molecule has 0 bridgehead atoms. The number of piperazine rings is 1. The Bertz CT molecular complexity index is 3000. The van der Waals surface area contributed by atoms with E-state index in [-0.39, 0.29) is 47.4 Å². The van der Waals surface area contributed by atoms with Crippen molar-refractivity contribution < 1.29 is 42.5 Å². The zero-order valence-electron chi connectivity index (χ0n) is 43.2. The lowest BCUT2D eigenvalue weighted by Crippen LogP contribution is -2.52. The number of fused-ring (bicyclic) bond motifs is 3. The lowest BCUT2D eigenvalue weighted by atomic mass is 9.79. The number of likely N-dealkylation sites (tertiary alicyclic amines) is 1. The SMILES string of the molecule is CCc1c(F)ccc2cc(OCOC)cc(-c3ncc4c(N5CCC[C@@](C)(O)C5)cc(OCC5(CN6CCC(C)(CN7CCN(c8ccc9c(c8)CN([C@H]8CCC(=O)NC8=O)C9=O)CC7)CC6)CC5)cc4c3F)c12. The standard InChI is InChI=1S/C58H69F2N7O7/c1-5-42-47(59)10-7-37-26-40(74-36-72-4)28-45(51(37)42)53-52(60)44-27-41(29-49(46(44)30-61-53)66-18-6-13-57(3,71)33-66)73-35-58(14-15-58)34-63-19-16-56(2,17-20-63)32-64-21-23-65(24-22-64)39-8-9-43-38(25-39)31-67(55(43)70)48-11-12-50(68)62-54(48)69/h7-10,25-30,48,71H,5-6,11-24,31-36H2,1-4H3,(H,62,68,69)/t48-,57+/m0/s1. The molecule has 0 spiro atoms.